The number of rotatable bonds is 3. The predicted molar refractivity (Wildman–Crippen MR) is 73.4 cm³/mol. The summed E-state index contributed by atoms with van der Waals surface area (Å²) in [6, 6.07) is 4.75. The van der Waals surface area contributed by atoms with Gasteiger partial charge in [-0.05, 0) is 37.8 Å². The van der Waals surface area contributed by atoms with Crippen LogP contribution in [0.3, 0.4) is 0 Å². The molecule has 2 unspecified atom stereocenters. The second-order valence-corrected chi connectivity index (χ2v) is 7.04. The summed E-state index contributed by atoms with van der Waals surface area (Å²) in [5.74, 6) is 0.647. The largest absolute Gasteiger partial charge is 0.318 e. The summed E-state index contributed by atoms with van der Waals surface area (Å²) >= 11 is 1.79. The fourth-order valence-corrected chi connectivity index (χ4v) is 3.59. The van der Waals surface area contributed by atoms with Gasteiger partial charge in [0.15, 0.2) is 0 Å². The van der Waals surface area contributed by atoms with Crippen molar-refractivity contribution in [2.24, 2.45) is 5.92 Å². The van der Waals surface area contributed by atoms with Crippen LogP contribution in [-0.4, -0.2) is 22.9 Å². The Morgan fingerprint density at radius 1 is 1.39 bits per heavy atom. The third-order valence-electron chi connectivity index (χ3n) is 3.77. The van der Waals surface area contributed by atoms with Gasteiger partial charge in [0, 0.05) is 15.8 Å². The highest BCUT2D eigenvalue weighted by Gasteiger charge is 2.47. The van der Waals surface area contributed by atoms with Gasteiger partial charge in [0.2, 0.25) is 5.91 Å². The van der Waals surface area contributed by atoms with Gasteiger partial charge < -0.3 is 4.90 Å². The molecule has 3 rings (SSSR count). The highest BCUT2D eigenvalue weighted by Crippen LogP contribution is 2.40. The van der Waals surface area contributed by atoms with Crippen LogP contribution >= 0.6 is 11.3 Å². The van der Waals surface area contributed by atoms with E-state index in [0.717, 1.165) is 0 Å². The topological polar surface area (TPSA) is 32.3 Å². The molecule has 0 aromatic carbocycles. The lowest BCUT2D eigenvalue weighted by atomic mass is 10.1. The molecule has 18 heavy (non-hydrogen) atoms. The van der Waals surface area contributed by atoms with Gasteiger partial charge in [-0.15, -0.1) is 11.3 Å². The molecule has 2 heterocycles. The molecule has 1 aromatic rings. The Bertz CT molecular complexity index is 464. The van der Waals surface area contributed by atoms with Crippen molar-refractivity contribution in [3.8, 4) is 0 Å². The van der Waals surface area contributed by atoms with Gasteiger partial charge in [0.25, 0.3) is 0 Å². The number of amides is 1. The van der Waals surface area contributed by atoms with Crippen LogP contribution in [0.2, 0.25) is 0 Å². The van der Waals surface area contributed by atoms with E-state index < -0.39 is 0 Å². The molecule has 1 aliphatic carbocycles. The molecule has 1 aliphatic heterocycles. The zero-order valence-electron chi connectivity index (χ0n) is 11.1. The molecule has 2 aliphatic rings. The second-order valence-electron chi connectivity index (χ2n) is 5.72. The van der Waals surface area contributed by atoms with Crippen LogP contribution in [0.1, 0.15) is 42.6 Å². The molecule has 0 spiro atoms. The van der Waals surface area contributed by atoms with Gasteiger partial charge in [-0.2, -0.15) is 0 Å². The van der Waals surface area contributed by atoms with Crippen LogP contribution in [0.5, 0.6) is 0 Å². The minimum Gasteiger partial charge on any atom is -0.318 e. The Labute approximate surface area is 112 Å². The molecule has 98 valence electrons. The monoisotopic (exact) mass is 264 g/mol. The smallest absolute Gasteiger partial charge is 0.241 e. The number of hydrogen-bond donors (Lipinski definition) is 1. The van der Waals surface area contributed by atoms with Crippen LogP contribution in [0.15, 0.2) is 12.1 Å². The molecule has 2 atom stereocenters. The van der Waals surface area contributed by atoms with Gasteiger partial charge in [-0.25, -0.2) is 0 Å². The number of aryl methyl sites for hydroxylation is 1. The molecule has 1 N–H and O–H groups in total. The number of thiophene rings is 1. The maximum atomic E-state index is 12.5. The number of hydrogen-bond acceptors (Lipinski definition) is 3. The van der Waals surface area contributed by atoms with Gasteiger partial charge in [-0.3, -0.25) is 10.1 Å². The van der Waals surface area contributed by atoms with E-state index in [2.05, 4.69) is 43.1 Å². The highest BCUT2D eigenvalue weighted by atomic mass is 32.1. The van der Waals surface area contributed by atoms with Gasteiger partial charge in [0.05, 0.1) is 6.04 Å². The van der Waals surface area contributed by atoms with Crippen molar-refractivity contribution in [1.29, 1.82) is 0 Å². The van der Waals surface area contributed by atoms with Gasteiger partial charge in [-0.1, -0.05) is 13.8 Å². The van der Waals surface area contributed by atoms with Crippen molar-refractivity contribution in [1.82, 2.24) is 10.2 Å². The Balaban J connectivity index is 1.90. The molecule has 4 heteroatoms. The zero-order chi connectivity index (χ0) is 12.9. The van der Waals surface area contributed by atoms with Crippen LogP contribution in [0, 0.1) is 12.8 Å². The first kappa shape index (κ1) is 12.2. The van der Waals surface area contributed by atoms with Crippen LogP contribution in [-0.2, 0) is 4.79 Å². The molecule has 2 fully saturated rings. The molecule has 1 aromatic heterocycles. The molecule has 0 radical (unpaired) electrons. The van der Waals surface area contributed by atoms with E-state index in [1.807, 2.05) is 0 Å². The first-order valence-electron chi connectivity index (χ1n) is 6.72. The minimum atomic E-state index is -0.0157. The maximum absolute atomic E-state index is 12.5. The predicted octanol–water partition coefficient (Wildman–Crippen LogP) is 2.67. The molecule has 1 saturated heterocycles. The molecular weight excluding hydrogens is 244 g/mol. The van der Waals surface area contributed by atoms with Crippen molar-refractivity contribution in [2.45, 2.75) is 51.9 Å². The Hall–Kier alpha value is -0.870. The number of nitrogens with one attached hydrogen (secondary N) is 1. The summed E-state index contributed by atoms with van der Waals surface area (Å²) in [5, 5.41) is 3.53. The lowest BCUT2D eigenvalue weighted by molar-refractivity contribution is -0.131. The summed E-state index contributed by atoms with van der Waals surface area (Å²) in [5.41, 5.74) is 0. The molecule has 0 bridgehead atoms. The fourth-order valence-electron chi connectivity index (χ4n) is 2.65. The Morgan fingerprint density at radius 3 is 2.61 bits per heavy atom. The minimum absolute atomic E-state index is 0.0157. The highest BCUT2D eigenvalue weighted by molar-refractivity contribution is 7.12. The van der Waals surface area contributed by atoms with Crippen LogP contribution in [0.25, 0.3) is 0 Å². The number of nitrogens with zero attached hydrogens (tertiary/aromatic N) is 1. The SMILES string of the molecule is Cc1ccc(C2NC(C(C)C)C(=O)N2C2CC2)s1. The Morgan fingerprint density at radius 2 is 2.11 bits per heavy atom. The summed E-state index contributed by atoms with van der Waals surface area (Å²) in [6.45, 7) is 6.34. The average molecular weight is 264 g/mol. The average Bonchev–Trinajstić information content (AvgIpc) is 2.95. The van der Waals surface area contributed by atoms with E-state index in [4.69, 9.17) is 0 Å². The zero-order valence-corrected chi connectivity index (χ0v) is 12.0. The third-order valence-corrected chi connectivity index (χ3v) is 4.83. The lowest BCUT2D eigenvalue weighted by Gasteiger charge is -2.22. The lowest BCUT2D eigenvalue weighted by Crippen LogP contribution is -2.35. The second kappa shape index (κ2) is 4.35. The third kappa shape index (κ3) is 1.97. The van der Waals surface area contributed by atoms with Crippen molar-refractivity contribution in [3.05, 3.63) is 21.9 Å². The summed E-state index contributed by atoms with van der Waals surface area (Å²) in [7, 11) is 0. The Kier molecular flexibility index (Phi) is 2.94. The van der Waals surface area contributed by atoms with Crippen molar-refractivity contribution >= 4 is 17.2 Å². The van der Waals surface area contributed by atoms with E-state index >= 15 is 0 Å². The molecule has 1 saturated carbocycles. The number of carbonyl (C=O) groups is 1. The van der Waals surface area contributed by atoms with Crippen LogP contribution < -0.4 is 5.32 Å². The molecule has 3 nitrogen and oxygen atoms in total. The first-order valence-corrected chi connectivity index (χ1v) is 7.54. The summed E-state index contributed by atoms with van der Waals surface area (Å²) < 4.78 is 0. The van der Waals surface area contributed by atoms with Gasteiger partial charge >= 0.3 is 0 Å². The fraction of sp³-hybridized carbons (Fsp3) is 0.643. The number of carbonyl (C=O) groups excluding carboxylic acids is 1. The van der Waals surface area contributed by atoms with Crippen molar-refractivity contribution in [3.63, 3.8) is 0 Å². The van der Waals surface area contributed by atoms with E-state index in [0.29, 0.717) is 17.9 Å². The summed E-state index contributed by atoms with van der Waals surface area (Å²) in [4.78, 5) is 17.2. The van der Waals surface area contributed by atoms with E-state index in [1.165, 1.54) is 22.6 Å². The standard InChI is InChI=1S/C14H20N2OS/c1-8(2)12-14(17)16(10-5-6-10)13(15-12)11-7-4-9(3)18-11/h4,7-8,10,12-13,15H,5-6H2,1-3H3. The molecular formula is C14H20N2OS. The molecule has 1 amide bonds. The van der Waals surface area contributed by atoms with Gasteiger partial charge in [0.1, 0.15) is 6.17 Å². The van der Waals surface area contributed by atoms with Crippen molar-refractivity contribution in [2.75, 3.05) is 0 Å². The quantitative estimate of drug-likeness (QED) is 0.910. The van der Waals surface area contributed by atoms with Crippen LogP contribution in [0.4, 0.5) is 0 Å². The maximum Gasteiger partial charge on any atom is 0.241 e. The first-order chi connectivity index (χ1) is 8.58. The summed E-state index contributed by atoms with van der Waals surface area (Å²) in [6.07, 6.45) is 2.44. The normalized spacial score (nSPS) is 28.4. The van der Waals surface area contributed by atoms with Crippen molar-refractivity contribution < 1.29 is 4.79 Å². The van der Waals surface area contributed by atoms with E-state index in [1.54, 1.807) is 11.3 Å². The van der Waals surface area contributed by atoms with E-state index in [9.17, 15) is 4.79 Å². The van der Waals surface area contributed by atoms with E-state index in [-0.39, 0.29) is 12.2 Å².